The van der Waals surface area contributed by atoms with Crippen LogP contribution in [-0.2, 0) is 0 Å². The number of benzene rings is 1. The van der Waals surface area contributed by atoms with Gasteiger partial charge in [-0.15, -0.1) is 0 Å². The van der Waals surface area contributed by atoms with Crippen molar-refractivity contribution in [2.75, 3.05) is 5.32 Å². The van der Waals surface area contributed by atoms with Crippen molar-refractivity contribution in [1.29, 1.82) is 0 Å². The van der Waals surface area contributed by atoms with E-state index in [0.717, 1.165) is 6.07 Å². The first-order chi connectivity index (χ1) is 9.88. The van der Waals surface area contributed by atoms with Gasteiger partial charge in [0.2, 0.25) is 0 Å². The van der Waals surface area contributed by atoms with Crippen molar-refractivity contribution >= 4 is 52.1 Å². The van der Waals surface area contributed by atoms with Crippen molar-refractivity contribution in [2.24, 2.45) is 0 Å². The Labute approximate surface area is 133 Å². The molecule has 2 rings (SSSR count). The molecule has 0 saturated heterocycles. The third-order valence-electron chi connectivity index (χ3n) is 2.43. The number of nitro benzene ring substituents is 1. The second-order valence-corrected chi connectivity index (χ2v) is 5.07. The molecular formula is C12H6Cl3N3O3. The van der Waals surface area contributed by atoms with Crippen molar-refractivity contribution in [3.63, 3.8) is 0 Å². The molecule has 1 N–H and O–H groups in total. The molecule has 0 spiro atoms. The highest BCUT2D eigenvalue weighted by Crippen LogP contribution is 2.28. The number of hydrogen-bond donors (Lipinski definition) is 1. The number of pyridine rings is 1. The Bertz CT molecular complexity index is 737. The van der Waals surface area contributed by atoms with Crippen LogP contribution in [-0.4, -0.2) is 15.8 Å². The molecule has 9 heteroatoms. The van der Waals surface area contributed by atoms with E-state index in [9.17, 15) is 14.9 Å². The van der Waals surface area contributed by atoms with E-state index in [0.29, 0.717) is 0 Å². The quantitative estimate of drug-likeness (QED) is 0.512. The SMILES string of the molecule is O=C(Nc1ccc(Cl)cc1[N+](=O)[O-])c1nc(Cl)ccc1Cl. The minimum atomic E-state index is -0.715. The molecule has 0 unspecified atom stereocenters. The normalized spacial score (nSPS) is 10.2. The van der Waals surface area contributed by atoms with Crippen LogP contribution in [0.25, 0.3) is 0 Å². The molecule has 108 valence electrons. The number of anilines is 1. The number of nitrogens with zero attached hydrogens (tertiary/aromatic N) is 2. The number of amides is 1. The van der Waals surface area contributed by atoms with Crippen LogP contribution in [0.5, 0.6) is 0 Å². The number of carbonyl (C=O) groups is 1. The first kappa shape index (κ1) is 15.5. The molecule has 2 aromatic rings. The monoisotopic (exact) mass is 345 g/mol. The predicted octanol–water partition coefficient (Wildman–Crippen LogP) is 4.20. The molecule has 1 heterocycles. The third kappa shape index (κ3) is 3.60. The van der Waals surface area contributed by atoms with Crippen LogP contribution >= 0.6 is 34.8 Å². The zero-order chi connectivity index (χ0) is 15.6. The van der Waals surface area contributed by atoms with Gasteiger partial charge in [0.25, 0.3) is 11.6 Å². The highest BCUT2D eigenvalue weighted by Gasteiger charge is 2.19. The lowest BCUT2D eigenvalue weighted by Crippen LogP contribution is -2.15. The number of carbonyl (C=O) groups excluding carboxylic acids is 1. The van der Waals surface area contributed by atoms with Gasteiger partial charge in [0.1, 0.15) is 16.5 Å². The topological polar surface area (TPSA) is 85.1 Å². The van der Waals surface area contributed by atoms with Crippen molar-refractivity contribution in [3.8, 4) is 0 Å². The zero-order valence-corrected chi connectivity index (χ0v) is 12.4. The summed E-state index contributed by atoms with van der Waals surface area (Å²) >= 11 is 17.2. The van der Waals surface area contributed by atoms with Crippen molar-refractivity contribution in [2.45, 2.75) is 0 Å². The van der Waals surface area contributed by atoms with Gasteiger partial charge in [-0.1, -0.05) is 34.8 Å². The first-order valence-electron chi connectivity index (χ1n) is 5.46. The number of aromatic nitrogens is 1. The second-order valence-electron chi connectivity index (χ2n) is 3.84. The predicted molar refractivity (Wildman–Crippen MR) is 80.3 cm³/mol. The Morgan fingerprint density at radius 2 is 1.90 bits per heavy atom. The van der Waals surface area contributed by atoms with Gasteiger partial charge in [-0.3, -0.25) is 14.9 Å². The molecule has 0 aliphatic rings. The average molecular weight is 347 g/mol. The van der Waals surface area contributed by atoms with E-state index in [2.05, 4.69) is 10.3 Å². The van der Waals surface area contributed by atoms with Crippen molar-refractivity contribution in [3.05, 3.63) is 61.3 Å². The standard InChI is InChI=1S/C12H6Cl3N3O3/c13-6-1-3-8(9(5-6)18(20)21)16-12(19)11-7(14)2-4-10(15)17-11/h1-5H,(H,16,19). The van der Waals surface area contributed by atoms with Gasteiger partial charge in [0.05, 0.1) is 9.95 Å². The Kier molecular flexibility index (Phi) is 4.62. The largest absolute Gasteiger partial charge is 0.315 e. The summed E-state index contributed by atoms with van der Waals surface area (Å²) in [7, 11) is 0. The van der Waals surface area contributed by atoms with E-state index in [1.165, 1.54) is 24.3 Å². The van der Waals surface area contributed by atoms with E-state index in [-0.39, 0.29) is 32.3 Å². The van der Waals surface area contributed by atoms with Gasteiger partial charge in [-0.25, -0.2) is 4.98 Å². The molecule has 0 saturated carbocycles. The molecule has 1 aromatic heterocycles. The van der Waals surface area contributed by atoms with Crippen LogP contribution in [0.2, 0.25) is 15.2 Å². The van der Waals surface area contributed by atoms with Crippen molar-refractivity contribution < 1.29 is 9.72 Å². The fraction of sp³-hybridized carbons (Fsp3) is 0. The summed E-state index contributed by atoms with van der Waals surface area (Å²) in [5, 5.41) is 13.6. The molecule has 0 radical (unpaired) electrons. The number of nitrogens with one attached hydrogen (secondary N) is 1. The van der Waals surface area contributed by atoms with Gasteiger partial charge in [0, 0.05) is 11.1 Å². The summed E-state index contributed by atoms with van der Waals surface area (Å²) in [5.74, 6) is -0.715. The Morgan fingerprint density at radius 1 is 1.19 bits per heavy atom. The van der Waals surface area contributed by atoms with E-state index in [4.69, 9.17) is 34.8 Å². The van der Waals surface area contributed by atoms with E-state index < -0.39 is 10.8 Å². The molecule has 0 aliphatic carbocycles. The summed E-state index contributed by atoms with van der Waals surface area (Å²) in [4.78, 5) is 26.1. The molecule has 0 aliphatic heterocycles. The maximum atomic E-state index is 12.1. The summed E-state index contributed by atoms with van der Waals surface area (Å²) in [5.41, 5.74) is -0.491. The van der Waals surface area contributed by atoms with Gasteiger partial charge in [0.15, 0.2) is 0 Å². The lowest BCUT2D eigenvalue weighted by Gasteiger charge is -2.07. The average Bonchev–Trinajstić information content (AvgIpc) is 2.43. The number of hydrogen-bond acceptors (Lipinski definition) is 4. The minimum Gasteiger partial charge on any atom is -0.315 e. The highest BCUT2D eigenvalue weighted by molar-refractivity contribution is 6.35. The second kappa shape index (κ2) is 6.26. The van der Waals surface area contributed by atoms with Crippen LogP contribution in [0.3, 0.4) is 0 Å². The Hall–Kier alpha value is -1.89. The molecule has 0 bridgehead atoms. The van der Waals surface area contributed by atoms with Crippen LogP contribution in [0.1, 0.15) is 10.5 Å². The van der Waals surface area contributed by atoms with E-state index >= 15 is 0 Å². The zero-order valence-electron chi connectivity index (χ0n) is 10.1. The van der Waals surface area contributed by atoms with Gasteiger partial charge < -0.3 is 5.32 Å². The van der Waals surface area contributed by atoms with Gasteiger partial charge in [-0.05, 0) is 24.3 Å². The first-order valence-corrected chi connectivity index (χ1v) is 6.59. The van der Waals surface area contributed by atoms with Crippen LogP contribution in [0.15, 0.2) is 30.3 Å². The van der Waals surface area contributed by atoms with Crippen LogP contribution in [0.4, 0.5) is 11.4 Å². The molecule has 1 amide bonds. The number of nitro groups is 1. The Morgan fingerprint density at radius 3 is 2.57 bits per heavy atom. The maximum Gasteiger partial charge on any atom is 0.294 e. The molecule has 6 nitrogen and oxygen atoms in total. The summed E-state index contributed by atoms with van der Waals surface area (Å²) in [6, 6.07) is 6.69. The molecule has 0 fully saturated rings. The van der Waals surface area contributed by atoms with E-state index in [1.54, 1.807) is 0 Å². The lowest BCUT2D eigenvalue weighted by molar-refractivity contribution is -0.383. The maximum absolute atomic E-state index is 12.1. The molecule has 21 heavy (non-hydrogen) atoms. The fourth-order valence-corrected chi connectivity index (χ4v) is 2.03. The van der Waals surface area contributed by atoms with Gasteiger partial charge >= 0.3 is 0 Å². The molecule has 0 atom stereocenters. The summed E-state index contributed by atoms with van der Waals surface area (Å²) < 4.78 is 0. The number of halogens is 3. The minimum absolute atomic E-state index is 0.0211. The van der Waals surface area contributed by atoms with Crippen molar-refractivity contribution in [1.82, 2.24) is 4.98 Å². The number of rotatable bonds is 3. The smallest absolute Gasteiger partial charge is 0.294 e. The molecular weight excluding hydrogens is 341 g/mol. The third-order valence-corrected chi connectivity index (χ3v) is 3.18. The van der Waals surface area contributed by atoms with Crippen LogP contribution in [0, 0.1) is 10.1 Å². The van der Waals surface area contributed by atoms with Gasteiger partial charge in [-0.2, -0.15) is 0 Å². The molecule has 1 aromatic carbocycles. The Balaban J connectivity index is 2.36. The lowest BCUT2D eigenvalue weighted by atomic mass is 10.2. The summed E-state index contributed by atoms with van der Waals surface area (Å²) in [6.07, 6.45) is 0. The summed E-state index contributed by atoms with van der Waals surface area (Å²) in [6.45, 7) is 0. The highest BCUT2D eigenvalue weighted by atomic mass is 35.5. The fourth-order valence-electron chi connectivity index (χ4n) is 1.52. The van der Waals surface area contributed by atoms with Crippen LogP contribution < -0.4 is 5.32 Å². The van der Waals surface area contributed by atoms with E-state index in [1.807, 2.05) is 0 Å².